The predicted octanol–water partition coefficient (Wildman–Crippen LogP) is 6.26. The van der Waals surface area contributed by atoms with Crippen molar-refractivity contribution in [2.75, 3.05) is 20.0 Å². The van der Waals surface area contributed by atoms with Crippen LogP contribution in [0.15, 0.2) is 18.2 Å². The van der Waals surface area contributed by atoms with Crippen LogP contribution in [0.2, 0.25) is 37.8 Å². The van der Waals surface area contributed by atoms with Gasteiger partial charge in [-0.05, 0) is 75.2 Å². The van der Waals surface area contributed by atoms with Gasteiger partial charge in [0.05, 0.1) is 24.7 Å². The van der Waals surface area contributed by atoms with Crippen molar-refractivity contribution in [2.45, 2.75) is 122 Å². The summed E-state index contributed by atoms with van der Waals surface area (Å²) in [6.45, 7) is 25.4. The molecule has 0 aromatic heterocycles. The molecule has 242 valence electrons. The van der Waals surface area contributed by atoms with Crippen LogP contribution in [0, 0.1) is 5.92 Å². The fourth-order valence-corrected chi connectivity index (χ4v) is 7.52. The van der Waals surface area contributed by atoms with Crippen molar-refractivity contribution in [1.82, 2.24) is 4.90 Å². The van der Waals surface area contributed by atoms with Crippen LogP contribution in [-0.2, 0) is 27.9 Å². The van der Waals surface area contributed by atoms with Gasteiger partial charge in [-0.3, -0.25) is 4.79 Å². The molecule has 4 rings (SSSR count). The molecule has 3 heterocycles. The van der Waals surface area contributed by atoms with E-state index in [4.69, 9.17) is 32.5 Å². The predicted molar refractivity (Wildman–Crippen MR) is 167 cm³/mol. The number of amides is 2. The van der Waals surface area contributed by atoms with E-state index in [0.29, 0.717) is 23.7 Å². The molecule has 1 aromatic carbocycles. The summed E-state index contributed by atoms with van der Waals surface area (Å²) in [4.78, 5) is 29.1. The van der Waals surface area contributed by atoms with E-state index in [0.717, 1.165) is 0 Å². The van der Waals surface area contributed by atoms with E-state index in [9.17, 15) is 9.59 Å². The van der Waals surface area contributed by atoms with Crippen LogP contribution in [0.3, 0.4) is 0 Å². The van der Waals surface area contributed by atoms with Crippen molar-refractivity contribution in [3.63, 3.8) is 0 Å². The van der Waals surface area contributed by atoms with Crippen molar-refractivity contribution in [2.24, 2.45) is 5.92 Å². The van der Waals surface area contributed by atoms with Gasteiger partial charge in [0.2, 0.25) is 12.7 Å². The van der Waals surface area contributed by atoms with Crippen LogP contribution < -0.4 is 9.47 Å². The Hall–Kier alpha value is -1.97. The number of cyclic esters (lactones) is 1. The SMILES string of the molecule is CC(C)[C@@H]1COC(=O)N1C(=O)[C@H](c1ccc2c(c1)OCO2)[C@H](O[Si](C)(C)C)[C@@H]1OC(C)(C)O[C@H]1CO[Si](C)(C)C(C)(C)C. The lowest BCUT2D eigenvalue weighted by Crippen LogP contribution is -2.54. The summed E-state index contributed by atoms with van der Waals surface area (Å²) in [5.74, 6) is -1.14. The third kappa shape index (κ3) is 7.47. The first-order valence-corrected chi connectivity index (χ1v) is 21.6. The molecule has 0 bridgehead atoms. The average Bonchev–Trinajstić information content (AvgIpc) is 3.56. The average molecular weight is 638 g/mol. The maximum atomic E-state index is 14.7. The third-order valence-corrected chi connectivity index (χ3v) is 14.2. The zero-order valence-corrected chi connectivity index (χ0v) is 29.9. The van der Waals surface area contributed by atoms with Crippen LogP contribution >= 0.6 is 0 Å². The van der Waals surface area contributed by atoms with E-state index in [1.807, 2.05) is 33.8 Å². The summed E-state index contributed by atoms with van der Waals surface area (Å²) in [6.07, 6.45) is -2.62. The number of hydrogen-bond acceptors (Lipinski definition) is 9. The Morgan fingerprint density at radius 1 is 1.05 bits per heavy atom. The summed E-state index contributed by atoms with van der Waals surface area (Å²) in [5.41, 5.74) is 0.636. The number of fused-ring (bicyclic) bond motifs is 1. The molecule has 0 radical (unpaired) electrons. The van der Waals surface area contributed by atoms with Gasteiger partial charge in [0.25, 0.3) is 0 Å². The molecular weight excluding hydrogens is 587 g/mol. The van der Waals surface area contributed by atoms with Gasteiger partial charge in [-0.1, -0.05) is 40.7 Å². The van der Waals surface area contributed by atoms with Gasteiger partial charge in [0.15, 0.2) is 33.9 Å². The molecule has 3 aliphatic heterocycles. The van der Waals surface area contributed by atoms with Crippen LogP contribution in [0.5, 0.6) is 11.5 Å². The monoisotopic (exact) mass is 637 g/mol. The first kappa shape index (κ1) is 33.9. The summed E-state index contributed by atoms with van der Waals surface area (Å²) >= 11 is 0. The van der Waals surface area contributed by atoms with Crippen molar-refractivity contribution in [3.05, 3.63) is 23.8 Å². The highest BCUT2D eigenvalue weighted by atomic mass is 28.4. The van der Waals surface area contributed by atoms with Crippen molar-refractivity contribution < 1.29 is 42.1 Å². The molecule has 3 aliphatic rings. The summed E-state index contributed by atoms with van der Waals surface area (Å²) in [6, 6.07) is 5.03. The number of benzene rings is 1. The normalized spacial score (nSPS) is 25.3. The van der Waals surface area contributed by atoms with Gasteiger partial charge >= 0.3 is 6.09 Å². The molecule has 1 aromatic rings. The van der Waals surface area contributed by atoms with Crippen LogP contribution in [0.4, 0.5) is 4.79 Å². The minimum absolute atomic E-state index is 0.0000951. The van der Waals surface area contributed by atoms with E-state index < -0.39 is 64.7 Å². The fourth-order valence-electron chi connectivity index (χ4n) is 5.42. The minimum atomic E-state index is -2.32. The molecule has 0 spiro atoms. The van der Waals surface area contributed by atoms with E-state index in [1.165, 1.54) is 4.90 Å². The quantitative estimate of drug-likeness (QED) is 0.275. The molecule has 10 nitrogen and oxygen atoms in total. The molecule has 12 heteroatoms. The Morgan fingerprint density at radius 3 is 2.30 bits per heavy atom. The lowest BCUT2D eigenvalue weighted by Gasteiger charge is -2.40. The smallest absolute Gasteiger partial charge is 0.417 e. The van der Waals surface area contributed by atoms with Crippen LogP contribution in [0.1, 0.15) is 59.9 Å². The Morgan fingerprint density at radius 2 is 1.70 bits per heavy atom. The minimum Gasteiger partial charge on any atom is -0.454 e. The number of rotatable bonds is 10. The van der Waals surface area contributed by atoms with Gasteiger partial charge in [-0.25, -0.2) is 9.69 Å². The second-order valence-corrected chi connectivity index (χ2v) is 24.4. The molecule has 2 saturated heterocycles. The maximum Gasteiger partial charge on any atom is 0.417 e. The highest BCUT2D eigenvalue weighted by Crippen LogP contribution is 2.43. The molecule has 0 N–H and O–H groups in total. The molecule has 0 unspecified atom stereocenters. The van der Waals surface area contributed by atoms with Gasteiger partial charge in [0, 0.05) is 0 Å². The molecule has 2 amide bonds. The highest BCUT2D eigenvalue weighted by molar-refractivity contribution is 6.74. The standard InChI is InChI=1S/C31H51NO9Si2/c1-19(2)21-16-35-29(34)32(21)28(33)25(20-13-14-22-23(15-20)37-18-36-22)27(41-42(8,9)10)26-24(39-31(6,7)40-26)17-38-43(11,12)30(3,4)5/h13-15,19,21,24-27H,16-18H2,1-12H3/t21-,24-,25+,26+,27-/m0/s1. The van der Waals surface area contributed by atoms with E-state index in [1.54, 1.807) is 12.1 Å². The van der Waals surface area contributed by atoms with Gasteiger partial charge in [0.1, 0.15) is 18.8 Å². The van der Waals surface area contributed by atoms with E-state index >= 15 is 0 Å². The Balaban J connectivity index is 1.82. The molecule has 5 atom stereocenters. The topological polar surface area (TPSA) is 102 Å². The van der Waals surface area contributed by atoms with Crippen molar-refractivity contribution in [3.8, 4) is 11.5 Å². The largest absolute Gasteiger partial charge is 0.454 e. The third-order valence-electron chi connectivity index (χ3n) is 8.71. The number of carbonyl (C=O) groups is 2. The first-order chi connectivity index (χ1) is 19.7. The summed E-state index contributed by atoms with van der Waals surface area (Å²) < 4.78 is 43.3. The second kappa shape index (κ2) is 12.1. The van der Waals surface area contributed by atoms with Gasteiger partial charge < -0.3 is 32.5 Å². The number of ether oxygens (including phenoxy) is 5. The Bertz CT molecular complexity index is 1190. The van der Waals surface area contributed by atoms with Crippen LogP contribution in [0.25, 0.3) is 0 Å². The Labute approximate surface area is 258 Å². The van der Waals surface area contributed by atoms with Gasteiger partial charge in [-0.2, -0.15) is 0 Å². The summed E-state index contributed by atoms with van der Waals surface area (Å²) in [5, 5.41) is -0.00133. The molecule has 0 saturated carbocycles. The first-order valence-electron chi connectivity index (χ1n) is 15.3. The zero-order chi connectivity index (χ0) is 32.1. The van der Waals surface area contributed by atoms with Crippen LogP contribution in [-0.4, -0.2) is 83.7 Å². The van der Waals surface area contributed by atoms with E-state index in [2.05, 4.69) is 53.5 Å². The van der Waals surface area contributed by atoms with Crippen molar-refractivity contribution >= 4 is 28.6 Å². The number of hydrogen-bond donors (Lipinski definition) is 0. The van der Waals surface area contributed by atoms with E-state index in [-0.39, 0.29) is 24.4 Å². The summed E-state index contributed by atoms with van der Waals surface area (Å²) in [7, 11) is -4.46. The second-order valence-electron chi connectivity index (χ2n) is 15.1. The number of carbonyl (C=O) groups excluding carboxylic acids is 2. The number of nitrogens with zero attached hydrogens (tertiary/aromatic N) is 1. The van der Waals surface area contributed by atoms with Gasteiger partial charge in [-0.15, -0.1) is 0 Å². The molecule has 0 aliphatic carbocycles. The molecule has 43 heavy (non-hydrogen) atoms. The fraction of sp³-hybridized carbons (Fsp3) is 0.742. The molecular formula is C31H51NO9Si2. The van der Waals surface area contributed by atoms with Crippen molar-refractivity contribution in [1.29, 1.82) is 0 Å². The lowest BCUT2D eigenvalue weighted by molar-refractivity contribution is -0.159. The maximum absolute atomic E-state index is 14.7. The highest BCUT2D eigenvalue weighted by Gasteiger charge is 2.54. The number of imide groups is 1. The lowest BCUT2D eigenvalue weighted by atomic mass is 9.86. The Kier molecular flexibility index (Phi) is 9.54. The zero-order valence-electron chi connectivity index (χ0n) is 27.9. The molecule has 2 fully saturated rings.